The van der Waals surface area contributed by atoms with Gasteiger partial charge >= 0.3 is 5.97 Å². The third-order valence-corrected chi connectivity index (χ3v) is 7.75. The van der Waals surface area contributed by atoms with Crippen LogP contribution in [0.3, 0.4) is 0 Å². The molecule has 5 nitrogen and oxygen atoms in total. The average Bonchev–Trinajstić information content (AvgIpc) is 3.52. The van der Waals surface area contributed by atoms with Gasteiger partial charge in [-0.1, -0.05) is 74.3 Å². The summed E-state index contributed by atoms with van der Waals surface area (Å²) in [5.41, 5.74) is 7.13. The lowest BCUT2D eigenvalue weighted by atomic mass is 9.92. The van der Waals surface area contributed by atoms with Gasteiger partial charge in [0.25, 0.3) is 0 Å². The molecule has 0 radical (unpaired) electrons. The number of rotatable bonds is 5. The number of hydrogen-bond donors (Lipinski definition) is 2. The minimum Gasteiger partial charge on any atom is -0.466 e. The zero-order valence-electron chi connectivity index (χ0n) is 17.2. The van der Waals surface area contributed by atoms with Crippen LogP contribution in [0.5, 0.6) is 0 Å². The molecule has 1 saturated heterocycles. The Bertz CT molecular complexity index is 1010. The third kappa shape index (κ3) is 4.09. The van der Waals surface area contributed by atoms with Crippen molar-refractivity contribution in [3.63, 3.8) is 0 Å². The van der Waals surface area contributed by atoms with Crippen molar-refractivity contribution in [3.05, 3.63) is 74.7 Å². The van der Waals surface area contributed by atoms with E-state index in [1.165, 1.54) is 5.56 Å². The summed E-state index contributed by atoms with van der Waals surface area (Å²) in [5, 5.41) is 6.11. The molecule has 2 N–H and O–H groups in total. The standard InChI is InChI=1S/C24H25Br2N3O2/c1-2-31-24(30)18-12-17(18)19-13-20(15-9-6-10-16(25)11-15)29-23(27-19)21(26)22(28-29)14-7-4-3-5-8-14/h3-11,17-20,23,27-28H,2,12-13H2,1H3. The number of halogens is 2. The molecule has 31 heavy (non-hydrogen) atoms. The zero-order valence-corrected chi connectivity index (χ0v) is 20.4. The van der Waals surface area contributed by atoms with Crippen LogP contribution in [0.15, 0.2) is 63.6 Å². The maximum atomic E-state index is 12.3. The van der Waals surface area contributed by atoms with E-state index in [9.17, 15) is 4.79 Å². The summed E-state index contributed by atoms with van der Waals surface area (Å²) in [6.45, 7) is 2.31. The molecule has 0 aromatic heterocycles. The molecule has 0 spiro atoms. The number of fused-ring (bicyclic) bond motifs is 1. The number of ether oxygens (including phenoxy) is 1. The van der Waals surface area contributed by atoms with Gasteiger partial charge in [-0.25, -0.2) is 0 Å². The maximum absolute atomic E-state index is 12.3. The highest BCUT2D eigenvalue weighted by molar-refractivity contribution is 9.12. The van der Waals surface area contributed by atoms with E-state index in [2.05, 4.69) is 96.1 Å². The predicted octanol–water partition coefficient (Wildman–Crippen LogP) is 4.96. The van der Waals surface area contributed by atoms with Gasteiger partial charge in [0.15, 0.2) is 0 Å². The van der Waals surface area contributed by atoms with Gasteiger partial charge in [0.05, 0.1) is 28.7 Å². The molecule has 2 aliphatic heterocycles. The minimum absolute atomic E-state index is 0.00128. The van der Waals surface area contributed by atoms with E-state index >= 15 is 0 Å². The van der Waals surface area contributed by atoms with Gasteiger partial charge in [0, 0.05) is 10.5 Å². The Morgan fingerprint density at radius 3 is 2.68 bits per heavy atom. The molecule has 1 aliphatic carbocycles. The lowest BCUT2D eigenvalue weighted by Crippen LogP contribution is -2.58. The molecule has 2 aromatic carbocycles. The van der Waals surface area contributed by atoms with E-state index in [1.807, 2.05) is 13.0 Å². The highest BCUT2D eigenvalue weighted by Crippen LogP contribution is 2.49. The number of hydrazine groups is 1. The Labute approximate surface area is 199 Å². The van der Waals surface area contributed by atoms with Gasteiger partial charge < -0.3 is 10.2 Å². The lowest BCUT2D eigenvalue weighted by Gasteiger charge is -2.43. The van der Waals surface area contributed by atoms with Crippen molar-refractivity contribution in [3.8, 4) is 0 Å². The second-order valence-electron chi connectivity index (χ2n) is 8.35. The Balaban J connectivity index is 1.46. The summed E-state index contributed by atoms with van der Waals surface area (Å²) in [7, 11) is 0. The van der Waals surface area contributed by atoms with Crippen LogP contribution in [-0.4, -0.2) is 29.8 Å². The van der Waals surface area contributed by atoms with Crippen molar-refractivity contribution in [2.24, 2.45) is 11.8 Å². The van der Waals surface area contributed by atoms with E-state index in [0.29, 0.717) is 12.5 Å². The molecular weight excluding hydrogens is 522 g/mol. The summed E-state index contributed by atoms with van der Waals surface area (Å²) >= 11 is 7.50. The fourth-order valence-electron chi connectivity index (χ4n) is 4.84. The second kappa shape index (κ2) is 8.70. The molecule has 2 fully saturated rings. The predicted molar refractivity (Wildman–Crippen MR) is 128 cm³/mol. The van der Waals surface area contributed by atoms with Crippen LogP contribution in [0.25, 0.3) is 5.70 Å². The van der Waals surface area contributed by atoms with Crippen molar-refractivity contribution in [1.82, 2.24) is 15.8 Å². The molecular formula is C24H25Br2N3O2. The van der Waals surface area contributed by atoms with Crippen molar-refractivity contribution < 1.29 is 9.53 Å². The minimum atomic E-state index is -0.0557. The van der Waals surface area contributed by atoms with Gasteiger partial charge in [0.1, 0.15) is 6.17 Å². The fraction of sp³-hybridized carbons (Fsp3) is 0.375. The zero-order chi connectivity index (χ0) is 21.5. The smallest absolute Gasteiger partial charge is 0.309 e. The fourth-order valence-corrected chi connectivity index (χ4v) is 5.93. The Hall–Kier alpha value is -1.67. The summed E-state index contributed by atoms with van der Waals surface area (Å²) < 4.78 is 7.45. The van der Waals surface area contributed by atoms with Crippen molar-refractivity contribution >= 4 is 43.5 Å². The van der Waals surface area contributed by atoms with Crippen LogP contribution >= 0.6 is 31.9 Å². The first-order valence-electron chi connectivity index (χ1n) is 10.7. The molecule has 5 atom stereocenters. The molecule has 1 saturated carbocycles. The highest BCUT2D eigenvalue weighted by atomic mass is 79.9. The third-order valence-electron chi connectivity index (χ3n) is 6.42. The molecule has 0 bridgehead atoms. The number of esters is 1. The number of carbonyl (C=O) groups excluding carboxylic acids is 1. The molecule has 5 rings (SSSR count). The first kappa shape index (κ1) is 21.2. The maximum Gasteiger partial charge on any atom is 0.309 e. The topological polar surface area (TPSA) is 53.6 Å². The highest BCUT2D eigenvalue weighted by Gasteiger charge is 2.53. The average molecular weight is 547 g/mol. The Morgan fingerprint density at radius 2 is 1.94 bits per heavy atom. The van der Waals surface area contributed by atoms with Crippen LogP contribution in [0, 0.1) is 11.8 Å². The van der Waals surface area contributed by atoms with Crippen LogP contribution in [-0.2, 0) is 9.53 Å². The van der Waals surface area contributed by atoms with Gasteiger partial charge in [-0.15, -0.1) is 0 Å². The van der Waals surface area contributed by atoms with Crippen molar-refractivity contribution in [2.45, 2.75) is 38.0 Å². The van der Waals surface area contributed by atoms with Crippen molar-refractivity contribution in [2.75, 3.05) is 6.61 Å². The Kier molecular flexibility index (Phi) is 5.94. The molecule has 7 heteroatoms. The normalized spacial score (nSPS) is 30.0. The molecule has 2 aromatic rings. The molecule has 0 amide bonds. The Morgan fingerprint density at radius 1 is 1.13 bits per heavy atom. The first-order valence-corrected chi connectivity index (χ1v) is 12.3. The monoisotopic (exact) mass is 545 g/mol. The second-order valence-corrected chi connectivity index (χ2v) is 10.1. The number of nitrogens with zero attached hydrogens (tertiary/aromatic N) is 1. The number of benzene rings is 2. The molecule has 162 valence electrons. The first-order chi connectivity index (χ1) is 15.1. The summed E-state index contributed by atoms with van der Waals surface area (Å²) in [6.07, 6.45) is 1.82. The lowest BCUT2D eigenvalue weighted by molar-refractivity contribution is -0.145. The van der Waals surface area contributed by atoms with Crippen LogP contribution < -0.4 is 10.7 Å². The van der Waals surface area contributed by atoms with Gasteiger partial charge in [0.2, 0.25) is 0 Å². The number of nitrogens with one attached hydrogen (secondary N) is 2. The van der Waals surface area contributed by atoms with E-state index in [-0.39, 0.29) is 30.1 Å². The van der Waals surface area contributed by atoms with Gasteiger partial charge in [-0.3, -0.25) is 10.1 Å². The quantitative estimate of drug-likeness (QED) is 0.519. The SMILES string of the molecule is CCOC(=O)C1CC1C1CC(c2cccc(Br)c2)N2NC(c3ccccc3)=C(Br)C2N1. The summed E-state index contributed by atoms with van der Waals surface area (Å²) in [6, 6.07) is 19.3. The molecule has 3 aliphatic rings. The van der Waals surface area contributed by atoms with Crippen LogP contribution in [0.2, 0.25) is 0 Å². The van der Waals surface area contributed by atoms with Crippen LogP contribution in [0.1, 0.15) is 36.9 Å². The largest absolute Gasteiger partial charge is 0.466 e. The number of carbonyl (C=O) groups is 1. The van der Waals surface area contributed by atoms with E-state index < -0.39 is 0 Å². The van der Waals surface area contributed by atoms with E-state index in [1.54, 1.807) is 0 Å². The van der Waals surface area contributed by atoms with E-state index in [0.717, 1.165) is 33.1 Å². The van der Waals surface area contributed by atoms with Crippen molar-refractivity contribution in [1.29, 1.82) is 0 Å². The summed E-state index contributed by atoms with van der Waals surface area (Å²) in [4.78, 5) is 12.3. The van der Waals surface area contributed by atoms with E-state index in [4.69, 9.17) is 4.74 Å². The molecule has 2 heterocycles. The summed E-state index contributed by atoms with van der Waals surface area (Å²) in [5.74, 6) is 0.273. The van der Waals surface area contributed by atoms with Gasteiger partial charge in [-0.05, 0) is 48.9 Å². The van der Waals surface area contributed by atoms with Gasteiger partial charge in [-0.2, -0.15) is 5.01 Å². The molecule has 5 unspecified atom stereocenters. The van der Waals surface area contributed by atoms with Crippen LogP contribution in [0.4, 0.5) is 0 Å². The number of hydrogen-bond acceptors (Lipinski definition) is 5.